The van der Waals surface area contributed by atoms with E-state index in [0.717, 1.165) is 34.2 Å². The molecule has 0 radical (unpaired) electrons. The fourth-order valence-corrected chi connectivity index (χ4v) is 2.19. The van der Waals surface area contributed by atoms with Gasteiger partial charge in [-0.05, 0) is 43.0 Å². The van der Waals surface area contributed by atoms with Crippen molar-refractivity contribution in [3.8, 4) is 5.75 Å². The van der Waals surface area contributed by atoms with Gasteiger partial charge in [0.25, 0.3) is 0 Å². The Balaban J connectivity index is 2.29. The quantitative estimate of drug-likeness (QED) is 0.854. The molecule has 0 saturated carbocycles. The number of hydrogen-bond acceptors (Lipinski definition) is 2. The van der Waals surface area contributed by atoms with E-state index in [4.69, 9.17) is 9.84 Å². The number of H-pyrrole nitrogens is 1. The van der Waals surface area contributed by atoms with Crippen molar-refractivity contribution in [2.75, 3.05) is 7.11 Å². The van der Waals surface area contributed by atoms with Crippen LogP contribution in [-0.2, 0) is 11.2 Å². The van der Waals surface area contributed by atoms with Gasteiger partial charge in [0.2, 0.25) is 0 Å². The predicted octanol–water partition coefficient (Wildman–Crippen LogP) is 2.89. The number of aliphatic carboxylic acids is 1. The Morgan fingerprint density at radius 3 is 2.89 bits per heavy atom. The number of carbonyl (C=O) groups is 1. The molecule has 4 nitrogen and oxygen atoms in total. The number of fused-ring (bicyclic) bond motifs is 1. The fourth-order valence-electron chi connectivity index (χ4n) is 2.19. The third-order valence-corrected chi connectivity index (χ3v) is 3.04. The molecule has 2 aromatic rings. The Kier molecular flexibility index (Phi) is 3.55. The average molecular weight is 247 g/mol. The molecule has 2 N–H and O–H groups in total. The van der Waals surface area contributed by atoms with Crippen LogP contribution in [-0.4, -0.2) is 23.2 Å². The average Bonchev–Trinajstić information content (AvgIpc) is 2.71. The highest BCUT2D eigenvalue weighted by molar-refractivity contribution is 5.89. The first-order valence-electron chi connectivity index (χ1n) is 5.98. The number of benzene rings is 1. The normalized spacial score (nSPS) is 10.8. The van der Waals surface area contributed by atoms with Crippen molar-refractivity contribution in [1.82, 2.24) is 4.98 Å². The van der Waals surface area contributed by atoms with E-state index in [-0.39, 0.29) is 6.42 Å². The van der Waals surface area contributed by atoms with Crippen molar-refractivity contribution in [2.24, 2.45) is 0 Å². The van der Waals surface area contributed by atoms with Gasteiger partial charge in [-0.3, -0.25) is 4.79 Å². The smallest absolute Gasteiger partial charge is 0.303 e. The lowest BCUT2D eigenvalue weighted by atomic mass is 10.0. The van der Waals surface area contributed by atoms with Crippen LogP contribution in [0.15, 0.2) is 18.3 Å². The van der Waals surface area contributed by atoms with Crippen LogP contribution in [0.2, 0.25) is 0 Å². The van der Waals surface area contributed by atoms with Crippen molar-refractivity contribution in [3.05, 3.63) is 29.5 Å². The SMILES string of the molecule is COc1cc(C)cc2c(CCCC(=O)O)c[nH]c12. The summed E-state index contributed by atoms with van der Waals surface area (Å²) in [5, 5.41) is 9.78. The second-order valence-corrected chi connectivity index (χ2v) is 4.45. The maximum absolute atomic E-state index is 10.5. The minimum Gasteiger partial charge on any atom is -0.495 e. The van der Waals surface area contributed by atoms with E-state index in [1.807, 2.05) is 19.2 Å². The number of nitrogens with one attached hydrogen (secondary N) is 1. The summed E-state index contributed by atoms with van der Waals surface area (Å²) in [6.07, 6.45) is 3.56. The van der Waals surface area contributed by atoms with E-state index < -0.39 is 5.97 Å². The van der Waals surface area contributed by atoms with E-state index >= 15 is 0 Å². The molecular weight excluding hydrogens is 230 g/mol. The Morgan fingerprint density at radius 2 is 2.22 bits per heavy atom. The molecule has 0 amide bonds. The zero-order valence-electron chi connectivity index (χ0n) is 10.6. The van der Waals surface area contributed by atoms with Gasteiger partial charge in [-0.15, -0.1) is 0 Å². The first-order chi connectivity index (χ1) is 8.61. The van der Waals surface area contributed by atoms with E-state index in [1.165, 1.54) is 0 Å². The summed E-state index contributed by atoms with van der Waals surface area (Å²) in [4.78, 5) is 13.7. The molecule has 1 aromatic carbocycles. The summed E-state index contributed by atoms with van der Waals surface area (Å²) >= 11 is 0. The van der Waals surface area contributed by atoms with Crippen LogP contribution >= 0.6 is 0 Å². The lowest BCUT2D eigenvalue weighted by Gasteiger charge is -2.04. The summed E-state index contributed by atoms with van der Waals surface area (Å²) in [6.45, 7) is 2.02. The summed E-state index contributed by atoms with van der Waals surface area (Å²) < 4.78 is 5.34. The molecule has 2 rings (SSSR count). The van der Waals surface area contributed by atoms with Crippen LogP contribution in [0, 0.1) is 6.92 Å². The van der Waals surface area contributed by atoms with Gasteiger partial charge in [0, 0.05) is 18.0 Å². The number of aromatic amines is 1. The molecule has 1 heterocycles. The van der Waals surface area contributed by atoms with Crippen LogP contribution in [0.25, 0.3) is 10.9 Å². The van der Waals surface area contributed by atoms with Crippen molar-refractivity contribution >= 4 is 16.9 Å². The molecule has 0 aliphatic heterocycles. The molecule has 0 unspecified atom stereocenters. The largest absolute Gasteiger partial charge is 0.495 e. The standard InChI is InChI=1S/C14H17NO3/c1-9-6-11-10(4-3-5-13(16)17)8-15-14(11)12(7-9)18-2/h6-8,15H,3-5H2,1-2H3,(H,16,17). The topological polar surface area (TPSA) is 62.3 Å². The molecule has 0 saturated heterocycles. The minimum atomic E-state index is -0.747. The molecule has 0 aliphatic rings. The van der Waals surface area contributed by atoms with Gasteiger partial charge >= 0.3 is 5.97 Å². The van der Waals surface area contributed by atoms with E-state index in [2.05, 4.69) is 11.1 Å². The summed E-state index contributed by atoms with van der Waals surface area (Å²) in [7, 11) is 1.65. The highest BCUT2D eigenvalue weighted by Crippen LogP contribution is 2.29. The minimum absolute atomic E-state index is 0.204. The van der Waals surface area contributed by atoms with Crippen LogP contribution in [0.3, 0.4) is 0 Å². The third kappa shape index (κ3) is 2.47. The number of aryl methyl sites for hydroxylation is 2. The van der Waals surface area contributed by atoms with E-state index in [1.54, 1.807) is 7.11 Å². The molecular formula is C14H17NO3. The molecule has 1 aromatic heterocycles. The Bertz CT molecular complexity index is 572. The summed E-state index contributed by atoms with van der Waals surface area (Å²) in [5.41, 5.74) is 3.26. The molecule has 0 spiro atoms. The highest BCUT2D eigenvalue weighted by atomic mass is 16.5. The van der Waals surface area contributed by atoms with Crippen molar-refractivity contribution in [2.45, 2.75) is 26.2 Å². The molecule has 0 atom stereocenters. The number of carboxylic acid groups (broad SMARTS) is 1. The number of hydrogen-bond donors (Lipinski definition) is 2. The number of aromatic nitrogens is 1. The zero-order chi connectivity index (χ0) is 13.1. The van der Waals surface area contributed by atoms with Gasteiger partial charge in [-0.25, -0.2) is 0 Å². The first kappa shape index (κ1) is 12.5. The van der Waals surface area contributed by atoms with Crippen LogP contribution in [0.1, 0.15) is 24.0 Å². The van der Waals surface area contributed by atoms with Crippen molar-refractivity contribution < 1.29 is 14.6 Å². The highest BCUT2D eigenvalue weighted by Gasteiger charge is 2.09. The number of rotatable bonds is 5. The number of ether oxygens (including phenoxy) is 1. The second kappa shape index (κ2) is 5.12. The summed E-state index contributed by atoms with van der Waals surface area (Å²) in [6, 6.07) is 4.09. The first-order valence-corrected chi connectivity index (χ1v) is 5.98. The Morgan fingerprint density at radius 1 is 1.44 bits per heavy atom. The molecule has 4 heteroatoms. The van der Waals surface area contributed by atoms with Gasteiger partial charge in [-0.2, -0.15) is 0 Å². The van der Waals surface area contributed by atoms with Gasteiger partial charge < -0.3 is 14.8 Å². The van der Waals surface area contributed by atoms with E-state index in [0.29, 0.717) is 6.42 Å². The predicted molar refractivity (Wildman–Crippen MR) is 70.2 cm³/mol. The lowest BCUT2D eigenvalue weighted by Crippen LogP contribution is -1.95. The third-order valence-electron chi connectivity index (χ3n) is 3.04. The van der Waals surface area contributed by atoms with Crippen molar-refractivity contribution in [1.29, 1.82) is 0 Å². The molecule has 18 heavy (non-hydrogen) atoms. The van der Waals surface area contributed by atoms with Crippen LogP contribution in [0.5, 0.6) is 5.75 Å². The lowest BCUT2D eigenvalue weighted by molar-refractivity contribution is -0.137. The van der Waals surface area contributed by atoms with Crippen LogP contribution in [0.4, 0.5) is 0 Å². The summed E-state index contributed by atoms with van der Waals surface area (Å²) in [5.74, 6) is 0.0816. The maximum Gasteiger partial charge on any atom is 0.303 e. The van der Waals surface area contributed by atoms with Crippen molar-refractivity contribution in [3.63, 3.8) is 0 Å². The monoisotopic (exact) mass is 247 g/mol. The fraction of sp³-hybridized carbons (Fsp3) is 0.357. The molecule has 96 valence electrons. The maximum atomic E-state index is 10.5. The molecule has 0 aliphatic carbocycles. The van der Waals surface area contributed by atoms with Crippen LogP contribution < -0.4 is 4.74 Å². The van der Waals surface area contributed by atoms with Gasteiger partial charge in [0.05, 0.1) is 12.6 Å². The van der Waals surface area contributed by atoms with Gasteiger partial charge in [-0.1, -0.05) is 0 Å². The number of methoxy groups -OCH3 is 1. The van der Waals surface area contributed by atoms with E-state index in [9.17, 15) is 4.79 Å². The Hall–Kier alpha value is -1.97. The molecule has 0 bridgehead atoms. The second-order valence-electron chi connectivity index (χ2n) is 4.45. The van der Waals surface area contributed by atoms with Gasteiger partial charge in [0.1, 0.15) is 5.75 Å². The number of carboxylic acids is 1. The zero-order valence-corrected chi connectivity index (χ0v) is 10.6. The molecule has 0 fully saturated rings. The Labute approximate surface area is 106 Å². The van der Waals surface area contributed by atoms with Gasteiger partial charge in [0.15, 0.2) is 0 Å².